The molecule has 3 rings (SSSR count). The molecule has 92 valence electrons. The third-order valence-electron chi connectivity index (χ3n) is 3.54. The number of aryl methyl sites for hydroxylation is 3. The fourth-order valence-corrected chi connectivity index (χ4v) is 2.41. The van der Waals surface area contributed by atoms with E-state index in [9.17, 15) is 0 Å². The number of nitrogens with zero attached hydrogens (tertiary/aromatic N) is 2. The predicted molar refractivity (Wildman–Crippen MR) is 71.8 cm³/mol. The van der Waals surface area contributed by atoms with Crippen LogP contribution in [0.2, 0.25) is 0 Å². The van der Waals surface area contributed by atoms with E-state index >= 15 is 0 Å². The lowest BCUT2D eigenvalue weighted by Crippen LogP contribution is -1.99. The molecule has 2 aromatic heterocycles. The number of hydrogen-bond acceptors (Lipinski definition) is 2. The molecule has 3 aromatic rings. The first-order chi connectivity index (χ1) is 8.66. The van der Waals surface area contributed by atoms with Gasteiger partial charge in [-0.3, -0.25) is 0 Å². The van der Waals surface area contributed by atoms with Gasteiger partial charge in [-0.25, -0.2) is 0 Å². The summed E-state index contributed by atoms with van der Waals surface area (Å²) in [7, 11) is 0. The molecule has 0 amide bonds. The monoisotopic (exact) mass is 240 g/mol. The van der Waals surface area contributed by atoms with Crippen LogP contribution in [0.25, 0.3) is 10.9 Å². The Morgan fingerprint density at radius 1 is 1.17 bits per heavy atom. The summed E-state index contributed by atoms with van der Waals surface area (Å²) < 4.78 is 7.46. The van der Waals surface area contributed by atoms with Crippen molar-refractivity contribution in [1.82, 2.24) is 9.72 Å². The van der Waals surface area contributed by atoms with Crippen molar-refractivity contribution in [2.45, 2.75) is 27.3 Å². The topological polar surface area (TPSA) is 31.0 Å². The van der Waals surface area contributed by atoms with Crippen LogP contribution in [0.1, 0.15) is 22.6 Å². The first kappa shape index (κ1) is 11.1. The van der Waals surface area contributed by atoms with E-state index in [1.54, 1.807) is 0 Å². The van der Waals surface area contributed by atoms with Gasteiger partial charge < -0.3 is 9.09 Å². The van der Waals surface area contributed by atoms with E-state index in [1.165, 1.54) is 22.0 Å². The lowest BCUT2D eigenvalue weighted by molar-refractivity contribution is 0.392. The summed E-state index contributed by atoms with van der Waals surface area (Å²) >= 11 is 0. The van der Waals surface area contributed by atoms with Crippen LogP contribution < -0.4 is 0 Å². The second-order valence-electron chi connectivity index (χ2n) is 4.75. The largest absolute Gasteiger partial charge is 0.361 e. The van der Waals surface area contributed by atoms with E-state index in [0.29, 0.717) is 0 Å². The Bertz CT molecular complexity index is 687. The van der Waals surface area contributed by atoms with Crippen LogP contribution in [-0.4, -0.2) is 9.72 Å². The highest BCUT2D eigenvalue weighted by Crippen LogP contribution is 2.22. The fraction of sp³-hybridized carbons (Fsp3) is 0.267. The molecule has 0 spiro atoms. The predicted octanol–water partition coefficient (Wildman–Crippen LogP) is 3.60. The van der Waals surface area contributed by atoms with Crippen molar-refractivity contribution in [3.63, 3.8) is 0 Å². The van der Waals surface area contributed by atoms with Crippen LogP contribution in [0.15, 0.2) is 35.0 Å². The smallest absolute Gasteiger partial charge is 0.138 e. The van der Waals surface area contributed by atoms with Gasteiger partial charge in [-0.2, -0.15) is 0 Å². The van der Waals surface area contributed by atoms with Crippen LogP contribution in [-0.2, 0) is 6.54 Å². The van der Waals surface area contributed by atoms with Gasteiger partial charge in [0.05, 0.1) is 12.2 Å². The van der Waals surface area contributed by atoms with Crippen molar-refractivity contribution in [2.24, 2.45) is 0 Å². The molecular formula is C15H16N2O. The van der Waals surface area contributed by atoms with Crippen molar-refractivity contribution >= 4 is 10.9 Å². The number of fused-ring (bicyclic) bond motifs is 1. The Morgan fingerprint density at radius 3 is 2.72 bits per heavy atom. The molecule has 0 atom stereocenters. The van der Waals surface area contributed by atoms with Crippen LogP contribution >= 0.6 is 0 Å². The Kier molecular flexibility index (Phi) is 2.47. The molecule has 0 bridgehead atoms. The average molecular weight is 240 g/mol. The van der Waals surface area contributed by atoms with E-state index in [-0.39, 0.29) is 0 Å². The molecule has 0 aliphatic rings. The molecule has 0 unspecified atom stereocenters. The zero-order chi connectivity index (χ0) is 12.7. The molecule has 0 radical (unpaired) electrons. The molecule has 2 heterocycles. The average Bonchev–Trinajstić information content (AvgIpc) is 2.89. The maximum Gasteiger partial charge on any atom is 0.138 e. The Labute approximate surface area is 106 Å². The van der Waals surface area contributed by atoms with E-state index < -0.39 is 0 Å². The lowest BCUT2D eigenvalue weighted by atomic mass is 10.1. The van der Waals surface area contributed by atoms with Crippen molar-refractivity contribution in [3.8, 4) is 0 Å². The van der Waals surface area contributed by atoms with Crippen molar-refractivity contribution < 1.29 is 4.52 Å². The maximum atomic E-state index is 5.22. The zero-order valence-corrected chi connectivity index (χ0v) is 10.9. The van der Waals surface area contributed by atoms with Gasteiger partial charge in [0, 0.05) is 22.7 Å². The SMILES string of the molecule is Cc1noc(C)c1Cn1ccc2c(C)cccc21. The molecule has 0 N–H and O–H groups in total. The first-order valence-electron chi connectivity index (χ1n) is 6.13. The molecule has 0 aliphatic heterocycles. The van der Waals surface area contributed by atoms with E-state index in [2.05, 4.69) is 47.1 Å². The van der Waals surface area contributed by atoms with Gasteiger partial charge in [-0.05, 0) is 38.5 Å². The van der Waals surface area contributed by atoms with Gasteiger partial charge >= 0.3 is 0 Å². The molecule has 1 aromatic carbocycles. The highest BCUT2D eigenvalue weighted by atomic mass is 16.5. The summed E-state index contributed by atoms with van der Waals surface area (Å²) in [5, 5.41) is 5.32. The Hall–Kier alpha value is -2.03. The molecule has 3 heteroatoms. The molecule has 0 aliphatic carbocycles. The van der Waals surface area contributed by atoms with E-state index in [4.69, 9.17) is 4.52 Å². The maximum absolute atomic E-state index is 5.22. The summed E-state index contributed by atoms with van der Waals surface area (Å²) in [6.45, 7) is 6.91. The highest BCUT2D eigenvalue weighted by molar-refractivity contribution is 5.83. The van der Waals surface area contributed by atoms with Crippen LogP contribution in [0.4, 0.5) is 0 Å². The minimum absolute atomic E-state index is 0.814. The molecule has 18 heavy (non-hydrogen) atoms. The van der Waals surface area contributed by atoms with Crippen LogP contribution in [0.5, 0.6) is 0 Å². The van der Waals surface area contributed by atoms with Crippen LogP contribution in [0, 0.1) is 20.8 Å². The lowest BCUT2D eigenvalue weighted by Gasteiger charge is -2.05. The molecule has 0 saturated heterocycles. The first-order valence-corrected chi connectivity index (χ1v) is 6.13. The molecular weight excluding hydrogens is 224 g/mol. The number of aromatic nitrogens is 2. The second kappa shape index (κ2) is 4.02. The minimum atomic E-state index is 0.814. The number of rotatable bonds is 2. The van der Waals surface area contributed by atoms with Crippen molar-refractivity contribution in [2.75, 3.05) is 0 Å². The van der Waals surface area contributed by atoms with Gasteiger partial charge in [0.2, 0.25) is 0 Å². The minimum Gasteiger partial charge on any atom is -0.361 e. The summed E-state index contributed by atoms with van der Waals surface area (Å²) in [6.07, 6.45) is 2.13. The fourth-order valence-electron chi connectivity index (χ4n) is 2.41. The quantitative estimate of drug-likeness (QED) is 0.685. The standard InChI is InChI=1S/C15H16N2O/c1-10-5-4-6-15-13(10)7-8-17(15)9-14-11(2)16-18-12(14)3/h4-8H,9H2,1-3H3. The molecule has 0 fully saturated rings. The van der Waals surface area contributed by atoms with Gasteiger partial charge in [0.25, 0.3) is 0 Å². The van der Waals surface area contributed by atoms with Gasteiger partial charge in [0.15, 0.2) is 0 Å². The summed E-state index contributed by atoms with van der Waals surface area (Å²) in [4.78, 5) is 0. The Morgan fingerprint density at radius 2 is 2.00 bits per heavy atom. The summed E-state index contributed by atoms with van der Waals surface area (Å²) in [6, 6.07) is 8.56. The molecule has 3 nitrogen and oxygen atoms in total. The van der Waals surface area contributed by atoms with E-state index in [1.807, 2.05) is 13.8 Å². The zero-order valence-electron chi connectivity index (χ0n) is 10.9. The summed E-state index contributed by atoms with van der Waals surface area (Å²) in [5.74, 6) is 0.905. The van der Waals surface area contributed by atoms with Gasteiger partial charge in [-0.15, -0.1) is 0 Å². The normalized spacial score (nSPS) is 11.3. The van der Waals surface area contributed by atoms with Crippen LogP contribution in [0.3, 0.4) is 0 Å². The van der Waals surface area contributed by atoms with E-state index in [0.717, 1.165) is 18.0 Å². The van der Waals surface area contributed by atoms with Crippen molar-refractivity contribution in [3.05, 3.63) is 53.0 Å². The third-order valence-corrected chi connectivity index (χ3v) is 3.54. The van der Waals surface area contributed by atoms with Gasteiger partial charge in [-0.1, -0.05) is 17.3 Å². The number of hydrogen-bond donors (Lipinski definition) is 0. The molecule has 0 saturated carbocycles. The van der Waals surface area contributed by atoms with Gasteiger partial charge in [0.1, 0.15) is 5.76 Å². The number of benzene rings is 1. The van der Waals surface area contributed by atoms with Crippen molar-refractivity contribution in [1.29, 1.82) is 0 Å². The third kappa shape index (κ3) is 1.63. The highest BCUT2D eigenvalue weighted by Gasteiger charge is 2.11. The summed E-state index contributed by atoms with van der Waals surface area (Å²) in [5.41, 5.74) is 4.72. The Balaban J connectivity index is 2.09. The second-order valence-corrected chi connectivity index (χ2v) is 4.75.